The molecule has 1 nitrogen and oxygen atoms in total. The Labute approximate surface area is 285 Å². The Morgan fingerprint density at radius 2 is 1.36 bits per heavy atom. The van der Waals surface area contributed by atoms with Crippen LogP contribution in [0, 0.1) is 26.7 Å². The molecule has 0 saturated carbocycles. The van der Waals surface area contributed by atoms with Crippen molar-refractivity contribution in [1.29, 1.82) is 0 Å². The molecule has 1 saturated heterocycles. The second kappa shape index (κ2) is 18.2. The molecule has 0 amide bonds. The highest BCUT2D eigenvalue weighted by atomic mass is 19.1. The topological polar surface area (TPSA) is 3.24 Å². The van der Waals surface area contributed by atoms with Crippen molar-refractivity contribution in [2.45, 2.75) is 92.5 Å². The molecule has 1 aliphatic heterocycles. The Balaban J connectivity index is 0.00000144. The number of halogens is 1. The highest BCUT2D eigenvalue weighted by Crippen LogP contribution is 2.47. The molecular formula is C45H56FN. The van der Waals surface area contributed by atoms with Gasteiger partial charge in [-0.25, -0.2) is 4.39 Å². The van der Waals surface area contributed by atoms with Gasteiger partial charge in [0.1, 0.15) is 5.83 Å². The Morgan fingerprint density at radius 3 is 1.91 bits per heavy atom. The Bertz CT molecular complexity index is 1590. The number of allylic oxidation sites excluding steroid dienone is 1. The molecule has 0 aliphatic carbocycles. The minimum Gasteiger partial charge on any atom is -0.338 e. The summed E-state index contributed by atoms with van der Waals surface area (Å²) in [4.78, 5) is 2.41. The van der Waals surface area contributed by atoms with Crippen LogP contribution in [-0.2, 0) is 25.7 Å². The van der Waals surface area contributed by atoms with Gasteiger partial charge in [0.15, 0.2) is 0 Å². The van der Waals surface area contributed by atoms with E-state index in [2.05, 4.69) is 125 Å². The lowest BCUT2D eigenvalue weighted by Gasteiger charge is -2.29. The summed E-state index contributed by atoms with van der Waals surface area (Å²) in [7, 11) is 0. The molecule has 4 aromatic rings. The van der Waals surface area contributed by atoms with Gasteiger partial charge in [0.25, 0.3) is 0 Å². The average Bonchev–Trinajstić information content (AvgIpc) is 3.42. The number of anilines is 1. The van der Waals surface area contributed by atoms with E-state index >= 15 is 0 Å². The molecule has 0 N–H and O–H groups in total. The van der Waals surface area contributed by atoms with E-state index in [9.17, 15) is 4.39 Å². The Kier molecular flexibility index (Phi) is 14.5. The van der Waals surface area contributed by atoms with Gasteiger partial charge in [-0.1, -0.05) is 106 Å². The largest absolute Gasteiger partial charge is 0.338 e. The fourth-order valence-corrected chi connectivity index (χ4v) is 6.74. The summed E-state index contributed by atoms with van der Waals surface area (Å²) >= 11 is 0. The van der Waals surface area contributed by atoms with Crippen molar-refractivity contribution >= 4 is 11.5 Å². The first-order valence-electron chi connectivity index (χ1n) is 17.4. The summed E-state index contributed by atoms with van der Waals surface area (Å²) in [6.45, 7) is 26.7. The molecule has 4 aromatic carbocycles. The van der Waals surface area contributed by atoms with Crippen LogP contribution in [0.5, 0.6) is 0 Å². The van der Waals surface area contributed by atoms with E-state index in [4.69, 9.17) is 0 Å². The van der Waals surface area contributed by atoms with Crippen LogP contribution in [0.2, 0.25) is 0 Å². The number of nitrogens with zero attached hydrogens (tertiary/aromatic N) is 1. The molecule has 1 fully saturated rings. The van der Waals surface area contributed by atoms with Gasteiger partial charge in [0.05, 0.1) is 6.04 Å². The normalized spacial score (nSPS) is 15.4. The van der Waals surface area contributed by atoms with Crippen LogP contribution in [-0.4, -0.2) is 0 Å². The summed E-state index contributed by atoms with van der Waals surface area (Å²) in [6.07, 6.45) is 7.51. The SMILES string of the molecule is C=C.C=C(F)c1ccc(N2C(=C)C(CCCc3ccc(CC)c(C)c3)CC2c2ccc(CCc3ccc(C)cc3)cc2)cc1C.CC. The second-order valence-corrected chi connectivity index (χ2v) is 12.4. The molecule has 0 aromatic heterocycles. The zero-order valence-corrected chi connectivity index (χ0v) is 29.8. The van der Waals surface area contributed by atoms with Gasteiger partial charge in [-0.15, -0.1) is 13.2 Å². The van der Waals surface area contributed by atoms with Crippen LogP contribution in [0.1, 0.15) is 96.1 Å². The molecule has 5 rings (SSSR count). The summed E-state index contributed by atoms with van der Waals surface area (Å²) in [5.41, 5.74) is 13.3. The monoisotopic (exact) mass is 629 g/mol. The molecule has 1 heterocycles. The summed E-state index contributed by atoms with van der Waals surface area (Å²) in [6, 6.07) is 31.2. The first kappa shape index (κ1) is 37.3. The third kappa shape index (κ3) is 9.67. The number of aryl methyl sites for hydroxylation is 7. The van der Waals surface area contributed by atoms with Crippen molar-refractivity contribution in [1.82, 2.24) is 0 Å². The first-order valence-corrected chi connectivity index (χ1v) is 17.4. The average molecular weight is 630 g/mol. The maximum atomic E-state index is 14.0. The molecule has 2 atom stereocenters. The standard InChI is InChI=1S/C41H46FN.C2H6.C2H4/c1-7-36-20-19-35(25-29(36)3)9-8-10-38-27-41(43(32(38)6)39-23-24-40(31(5)42)30(4)26-39)37-21-17-34(18-22-37)16-15-33-13-11-28(2)12-14-33;2*1-2/h11-14,17-26,38,41H,5-10,15-16,27H2,1-4H3;1-2H3;1-2H2. The van der Waals surface area contributed by atoms with Crippen LogP contribution in [0.15, 0.2) is 117 Å². The van der Waals surface area contributed by atoms with Gasteiger partial charge >= 0.3 is 0 Å². The van der Waals surface area contributed by atoms with Crippen molar-refractivity contribution in [3.63, 3.8) is 0 Å². The fourth-order valence-electron chi connectivity index (χ4n) is 6.74. The number of rotatable bonds is 11. The van der Waals surface area contributed by atoms with Crippen LogP contribution >= 0.6 is 0 Å². The fraction of sp³-hybridized carbons (Fsp3) is 0.333. The van der Waals surface area contributed by atoms with Crippen molar-refractivity contribution in [3.8, 4) is 0 Å². The molecule has 0 bridgehead atoms. The van der Waals surface area contributed by atoms with Crippen molar-refractivity contribution in [2.75, 3.05) is 4.90 Å². The number of hydrogen-bond donors (Lipinski definition) is 0. The molecule has 0 radical (unpaired) electrons. The van der Waals surface area contributed by atoms with Crippen LogP contribution in [0.25, 0.3) is 5.83 Å². The highest BCUT2D eigenvalue weighted by Gasteiger charge is 2.36. The molecule has 2 heteroatoms. The first-order chi connectivity index (χ1) is 22.7. The van der Waals surface area contributed by atoms with E-state index < -0.39 is 0 Å². The van der Waals surface area contributed by atoms with Gasteiger partial charge in [-0.2, -0.15) is 0 Å². The van der Waals surface area contributed by atoms with Gasteiger partial charge in [0, 0.05) is 22.9 Å². The smallest absolute Gasteiger partial charge is 0.123 e. The third-order valence-electron chi connectivity index (χ3n) is 9.37. The minimum atomic E-state index is -0.387. The second-order valence-electron chi connectivity index (χ2n) is 12.4. The van der Waals surface area contributed by atoms with E-state index in [1.807, 2.05) is 32.9 Å². The number of hydrogen-bond acceptors (Lipinski definition) is 1. The van der Waals surface area contributed by atoms with E-state index in [0.29, 0.717) is 11.5 Å². The Morgan fingerprint density at radius 1 is 0.766 bits per heavy atom. The van der Waals surface area contributed by atoms with E-state index in [1.165, 1.54) is 38.9 Å². The van der Waals surface area contributed by atoms with E-state index in [0.717, 1.165) is 61.9 Å². The quantitative estimate of drug-likeness (QED) is 0.149. The molecule has 47 heavy (non-hydrogen) atoms. The van der Waals surface area contributed by atoms with Crippen LogP contribution < -0.4 is 4.90 Å². The van der Waals surface area contributed by atoms with E-state index in [1.54, 1.807) is 0 Å². The van der Waals surface area contributed by atoms with E-state index in [-0.39, 0.29) is 11.9 Å². The summed E-state index contributed by atoms with van der Waals surface area (Å²) in [5, 5.41) is 0. The lowest BCUT2D eigenvalue weighted by atomic mass is 9.92. The molecule has 248 valence electrons. The molecule has 1 aliphatic rings. The van der Waals surface area contributed by atoms with Gasteiger partial charge < -0.3 is 4.90 Å². The predicted molar refractivity (Wildman–Crippen MR) is 205 cm³/mol. The lowest BCUT2D eigenvalue weighted by molar-refractivity contribution is 0.526. The van der Waals surface area contributed by atoms with Crippen molar-refractivity contribution in [2.24, 2.45) is 5.92 Å². The summed E-state index contributed by atoms with van der Waals surface area (Å²) in [5.74, 6) is 0.0144. The third-order valence-corrected chi connectivity index (χ3v) is 9.37. The maximum Gasteiger partial charge on any atom is 0.123 e. The number of benzene rings is 4. The van der Waals surface area contributed by atoms with Gasteiger partial charge in [-0.3, -0.25) is 0 Å². The van der Waals surface area contributed by atoms with Gasteiger partial charge in [-0.05, 0) is 123 Å². The lowest BCUT2D eigenvalue weighted by Crippen LogP contribution is -2.21. The predicted octanol–water partition coefficient (Wildman–Crippen LogP) is 12.8. The van der Waals surface area contributed by atoms with Crippen LogP contribution in [0.4, 0.5) is 10.1 Å². The zero-order chi connectivity index (χ0) is 34.5. The van der Waals surface area contributed by atoms with Crippen molar-refractivity contribution in [3.05, 3.63) is 167 Å². The van der Waals surface area contributed by atoms with Crippen LogP contribution in [0.3, 0.4) is 0 Å². The van der Waals surface area contributed by atoms with Gasteiger partial charge in [0.2, 0.25) is 0 Å². The van der Waals surface area contributed by atoms with Crippen molar-refractivity contribution < 1.29 is 4.39 Å². The maximum absolute atomic E-state index is 14.0. The molecular weight excluding hydrogens is 574 g/mol. The highest BCUT2D eigenvalue weighted by molar-refractivity contribution is 5.66. The zero-order valence-electron chi connectivity index (χ0n) is 29.8. The molecule has 2 unspecified atom stereocenters. The minimum absolute atomic E-state index is 0.202. The Hall–Kier alpha value is -4.17. The summed E-state index contributed by atoms with van der Waals surface area (Å²) < 4.78 is 14.0. The molecule has 0 spiro atoms.